The quantitative estimate of drug-likeness (QED) is 0.741. The van der Waals surface area contributed by atoms with Crippen molar-refractivity contribution in [1.29, 1.82) is 0 Å². The molecule has 3 nitrogen and oxygen atoms in total. The summed E-state index contributed by atoms with van der Waals surface area (Å²) in [6.45, 7) is 2.35. The van der Waals surface area contributed by atoms with E-state index in [1.165, 1.54) is 24.2 Å². The zero-order chi connectivity index (χ0) is 11.2. The lowest BCUT2D eigenvalue weighted by atomic mass is 10.3. The monoisotopic (exact) mass is 239 g/mol. The lowest BCUT2D eigenvalue weighted by Gasteiger charge is -2.04. The predicted octanol–water partition coefficient (Wildman–Crippen LogP) is 2.29. The van der Waals surface area contributed by atoms with Crippen LogP contribution in [-0.2, 0) is 4.74 Å². The van der Waals surface area contributed by atoms with Crippen molar-refractivity contribution in [3.63, 3.8) is 0 Å². The molecular weight excluding hydrogens is 222 g/mol. The summed E-state index contributed by atoms with van der Waals surface area (Å²) in [6.07, 6.45) is 3.55. The molecule has 0 unspecified atom stereocenters. The van der Waals surface area contributed by atoms with Gasteiger partial charge in [-0.25, -0.2) is 0 Å². The van der Waals surface area contributed by atoms with Crippen molar-refractivity contribution in [3.8, 4) is 0 Å². The van der Waals surface area contributed by atoms with Crippen molar-refractivity contribution in [1.82, 2.24) is 5.32 Å². The van der Waals surface area contributed by atoms with E-state index in [4.69, 9.17) is 4.74 Å². The number of ether oxygens (including phenoxy) is 1. The number of carbonyl (C=O) groups is 1. The molecular formula is C12H17NO2S. The highest BCUT2D eigenvalue weighted by Gasteiger charge is 2.20. The lowest BCUT2D eigenvalue weighted by molar-refractivity contribution is 0.0938. The lowest BCUT2D eigenvalue weighted by Crippen LogP contribution is -2.24. The van der Waals surface area contributed by atoms with Crippen molar-refractivity contribution in [3.05, 3.63) is 22.4 Å². The van der Waals surface area contributed by atoms with Crippen molar-refractivity contribution in [2.24, 2.45) is 5.92 Å². The van der Waals surface area contributed by atoms with Crippen LogP contribution in [0.25, 0.3) is 0 Å². The van der Waals surface area contributed by atoms with E-state index in [0.717, 1.165) is 31.1 Å². The topological polar surface area (TPSA) is 38.3 Å². The van der Waals surface area contributed by atoms with Gasteiger partial charge in [-0.3, -0.25) is 4.79 Å². The Kier molecular flexibility index (Phi) is 4.36. The maximum absolute atomic E-state index is 11.5. The first-order valence-corrected chi connectivity index (χ1v) is 6.68. The molecule has 1 heterocycles. The molecule has 4 heteroatoms. The molecule has 1 fully saturated rings. The summed E-state index contributed by atoms with van der Waals surface area (Å²) in [6, 6.07) is 1.84. The first-order valence-electron chi connectivity index (χ1n) is 5.74. The maximum Gasteiger partial charge on any atom is 0.252 e. The van der Waals surface area contributed by atoms with Crippen LogP contribution in [0.4, 0.5) is 0 Å². The van der Waals surface area contributed by atoms with Crippen molar-refractivity contribution in [2.75, 3.05) is 19.8 Å². The number of nitrogens with one attached hydrogen (secondary N) is 1. The molecule has 2 rings (SSSR count). The van der Waals surface area contributed by atoms with Crippen LogP contribution in [-0.4, -0.2) is 25.7 Å². The Bertz CT molecular complexity index is 320. The van der Waals surface area contributed by atoms with Gasteiger partial charge in [0.25, 0.3) is 5.91 Å². The maximum atomic E-state index is 11.5. The highest BCUT2D eigenvalue weighted by molar-refractivity contribution is 7.08. The van der Waals surface area contributed by atoms with Crippen LogP contribution in [0.15, 0.2) is 16.8 Å². The molecule has 0 aromatic carbocycles. The normalized spacial score (nSPS) is 15.0. The van der Waals surface area contributed by atoms with Gasteiger partial charge >= 0.3 is 0 Å². The molecule has 16 heavy (non-hydrogen) atoms. The van der Waals surface area contributed by atoms with Crippen LogP contribution in [0.2, 0.25) is 0 Å². The molecule has 0 bridgehead atoms. The number of hydrogen-bond donors (Lipinski definition) is 1. The van der Waals surface area contributed by atoms with Gasteiger partial charge in [-0.1, -0.05) is 0 Å². The summed E-state index contributed by atoms with van der Waals surface area (Å²) in [5, 5.41) is 6.65. The molecule has 1 aromatic heterocycles. The Morgan fingerprint density at radius 2 is 2.44 bits per heavy atom. The van der Waals surface area contributed by atoms with Gasteiger partial charge < -0.3 is 10.1 Å². The molecule has 88 valence electrons. The fourth-order valence-electron chi connectivity index (χ4n) is 1.41. The molecule has 0 aliphatic heterocycles. The second kappa shape index (κ2) is 6.01. The summed E-state index contributed by atoms with van der Waals surface area (Å²) in [5.74, 6) is 0.837. The van der Waals surface area contributed by atoms with Gasteiger partial charge in [0.15, 0.2) is 0 Å². The first-order chi connectivity index (χ1) is 7.86. The fraction of sp³-hybridized carbons (Fsp3) is 0.583. The van der Waals surface area contributed by atoms with E-state index in [2.05, 4.69) is 5.32 Å². The van der Waals surface area contributed by atoms with E-state index >= 15 is 0 Å². The fourth-order valence-corrected chi connectivity index (χ4v) is 2.04. The molecule has 1 aliphatic carbocycles. The van der Waals surface area contributed by atoms with Crippen LogP contribution in [0, 0.1) is 5.92 Å². The summed E-state index contributed by atoms with van der Waals surface area (Å²) in [7, 11) is 0. The summed E-state index contributed by atoms with van der Waals surface area (Å²) in [5.41, 5.74) is 0.754. The Labute approximate surface area is 99.8 Å². The third-order valence-electron chi connectivity index (χ3n) is 2.58. The molecule has 0 radical (unpaired) electrons. The van der Waals surface area contributed by atoms with E-state index in [9.17, 15) is 4.79 Å². The smallest absolute Gasteiger partial charge is 0.252 e. The van der Waals surface area contributed by atoms with E-state index in [-0.39, 0.29) is 5.91 Å². The number of rotatable bonds is 7. The summed E-state index contributed by atoms with van der Waals surface area (Å²) >= 11 is 1.54. The molecule has 1 aromatic rings. The van der Waals surface area contributed by atoms with Gasteiger partial charge in [-0.2, -0.15) is 11.3 Å². The number of hydrogen-bond acceptors (Lipinski definition) is 3. The van der Waals surface area contributed by atoms with Gasteiger partial charge in [-0.05, 0) is 36.6 Å². The average Bonchev–Trinajstić information content (AvgIpc) is 2.95. The second-order valence-electron chi connectivity index (χ2n) is 4.14. The SMILES string of the molecule is O=C(NCCCOCC1CC1)c1ccsc1. The zero-order valence-corrected chi connectivity index (χ0v) is 10.1. The van der Waals surface area contributed by atoms with E-state index in [1.807, 2.05) is 16.8 Å². The largest absolute Gasteiger partial charge is 0.381 e. The molecule has 1 N–H and O–H groups in total. The highest BCUT2D eigenvalue weighted by atomic mass is 32.1. The standard InChI is InChI=1S/C12H17NO2S/c14-12(11-4-7-16-9-11)13-5-1-6-15-8-10-2-3-10/h4,7,9-10H,1-3,5-6,8H2,(H,13,14). The predicted molar refractivity (Wildman–Crippen MR) is 64.8 cm³/mol. The molecule has 1 amide bonds. The minimum atomic E-state index is 0.0171. The second-order valence-corrected chi connectivity index (χ2v) is 4.92. The Morgan fingerprint density at radius 1 is 1.56 bits per heavy atom. The van der Waals surface area contributed by atoms with Crippen LogP contribution < -0.4 is 5.32 Å². The minimum absolute atomic E-state index is 0.0171. The van der Waals surface area contributed by atoms with Gasteiger partial charge in [0, 0.05) is 30.7 Å². The van der Waals surface area contributed by atoms with Crippen LogP contribution in [0.5, 0.6) is 0 Å². The summed E-state index contributed by atoms with van der Waals surface area (Å²) < 4.78 is 5.48. The van der Waals surface area contributed by atoms with Crippen molar-refractivity contribution >= 4 is 17.2 Å². The molecule has 0 atom stereocenters. The first kappa shape index (κ1) is 11.6. The number of thiophene rings is 1. The van der Waals surface area contributed by atoms with E-state index in [0.29, 0.717) is 6.54 Å². The van der Waals surface area contributed by atoms with Gasteiger partial charge in [0.2, 0.25) is 0 Å². The number of amides is 1. The van der Waals surface area contributed by atoms with E-state index < -0.39 is 0 Å². The minimum Gasteiger partial charge on any atom is -0.381 e. The summed E-state index contributed by atoms with van der Waals surface area (Å²) in [4.78, 5) is 11.5. The van der Waals surface area contributed by atoms with Gasteiger partial charge in [0.05, 0.1) is 0 Å². The molecule has 1 aliphatic rings. The third-order valence-corrected chi connectivity index (χ3v) is 3.27. The zero-order valence-electron chi connectivity index (χ0n) is 9.28. The Balaban J connectivity index is 1.49. The van der Waals surface area contributed by atoms with Crippen LogP contribution >= 0.6 is 11.3 Å². The van der Waals surface area contributed by atoms with Gasteiger partial charge in [0.1, 0.15) is 0 Å². The van der Waals surface area contributed by atoms with E-state index in [1.54, 1.807) is 0 Å². The number of carbonyl (C=O) groups excluding carboxylic acids is 1. The average molecular weight is 239 g/mol. The highest BCUT2D eigenvalue weighted by Crippen LogP contribution is 2.28. The molecule has 0 spiro atoms. The van der Waals surface area contributed by atoms with Crippen molar-refractivity contribution in [2.45, 2.75) is 19.3 Å². The van der Waals surface area contributed by atoms with Crippen molar-refractivity contribution < 1.29 is 9.53 Å². The van der Waals surface area contributed by atoms with Gasteiger partial charge in [-0.15, -0.1) is 0 Å². The third kappa shape index (κ3) is 3.94. The molecule has 0 saturated heterocycles. The Hall–Kier alpha value is -0.870. The van der Waals surface area contributed by atoms with Crippen LogP contribution in [0.1, 0.15) is 29.6 Å². The molecule has 1 saturated carbocycles. The Morgan fingerprint density at radius 3 is 3.12 bits per heavy atom. The van der Waals surface area contributed by atoms with Crippen LogP contribution in [0.3, 0.4) is 0 Å².